The van der Waals surface area contributed by atoms with Crippen LogP contribution < -0.4 is 10.1 Å². The summed E-state index contributed by atoms with van der Waals surface area (Å²) >= 11 is 0. The lowest BCUT2D eigenvalue weighted by Gasteiger charge is -2.18. The van der Waals surface area contributed by atoms with E-state index < -0.39 is 0 Å². The minimum Gasteiger partial charge on any atom is -0.468 e. The van der Waals surface area contributed by atoms with Gasteiger partial charge in [0.05, 0.1) is 25.1 Å². The van der Waals surface area contributed by atoms with E-state index in [1.54, 1.807) is 12.4 Å². The average molecular weight is 387 g/mol. The molecule has 0 unspecified atom stereocenters. The van der Waals surface area contributed by atoms with Crippen molar-refractivity contribution in [2.75, 3.05) is 13.6 Å². The molecule has 4 bridgehead atoms. The number of hydrogen-bond acceptors (Lipinski definition) is 4. The summed E-state index contributed by atoms with van der Waals surface area (Å²) in [4.78, 5) is 22.1. The molecule has 7 nitrogen and oxygen atoms in total. The smallest absolute Gasteiger partial charge is 0.234 e. The van der Waals surface area contributed by atoms with Crippen molar-refractivity contribution in [3.63, 3.8) is 0 Å². The van der Waals surface area contributed by atoms with Crippen molar-refractivity contribution in [3.8, 4) is 11.5 Å². The van der Waals surface area contributed by atoms with E-state index in [4.69, 9.17) is 11.3 Å². The fraction of sp³-hybridized carbons (Fsp3) is 0.227. The van der Waals surface area contributed by atoms with Crippen LogP contribution in [0, 0.1) is 6.57 Å². The first-order valence-corrected chi connectivity index (χ1v) is 9.32. The number of aromatic nitrogens is 2. The Morgan fingerprint density at radius 3 is 2.90 bits per heavy atom. The van der Waals surface area contributed by atoms with Crippen molar-refractivity contribution in [1.82, 2.24) is 19.8 Å². The normalized spacial score (nSPS) is 15.0. The van der Waals surface area contributed by atoms with Gasteiger partial charge in [0.1, 0.15) is 11.5 Å². The van der Waals surface area contributed by atoms with Gasteiger partial charge in [-0.1, -0.05) is 24.3 Å². The maximum Gasteiger partial charge on any atom is 0.234 e. The molecule has 146 valence electrons. The number of benzene rings is 2. The van der Waals surface area contributed by atoms with Crippen molar-refractivity contribution in [2.24, 2.45) is 0 Å². The number of ether oxygens (including phenoxy) is 1. The number of carbonyl (C=O) groups excluding carboxylic acids is 1. The highest BCUT2D eigenvalue weighted by molar-refractivity contribution is 5.78. The quantitative estimate of drug-likeness (QED) is 0.601. The lowest BCUT2D eigenvalue weighted by Crippen LogP contribution is -2.34. The number of rotatable bonds is 0. The highest BCUT2D eigenvalue weighted by Gasteiger charge is 2.13. The van der Waals surface area contributed by atoms with Gasteiger partial charge < -0.3 is 14.6 Å². The van der Waals surface area contributed by atoms with E-state index in [9.17, 15) is 4.79 Å². The largest absolute Gasteiger partial charge is 0.468 e. The first-order valence-electron chi connectivity index (χ1n) is 9.32. The molecule has 3 aromatic rings. The molecule has 0 saturated heterocycles. The number of amides is 1. The number of fused-ring (bicyclic) bond motifs is 5. The Hall–Kier alpha value is -3.63. The number of nitrogens with one attached hydrogen (secondary N) is 1. The van der Waals surface area contributed by atoms with Crippen LogP contribution in [-0.4, -0.2) is 34.0 Å². The summed E-state index contributed by atoms with van der Waals surface area (Å²) < 4.78 is 8.07. The number of likely N-dealkylation sites (N-methyl/N-ethyl adjacent to an activating group) is 1. The van der Waals surface area contributed by atoms with Crippen LogP contribution >= 0.6 is 0 Å². The fourth-order valence-electron chi connectivity index (χ4n) is 3.33. The van der Waals surface area contributed by atoms with Crippen molar-refractivity contribution in [3.05, 3.63) is 83.2 Å². The summed E-state index contributed by atoms with van der Waals surface area (Å²) in [5, 5.41) is 2.94. The maximum absolute atomic E-state index is 12.3. The molecule has 0 fully saturated rings. The molecule has 0 saturated carbocycles. The highest BCUT2D eigenvalue weighted by atomic mass is 16.5. The molecule has 1 amide bonds. The molecular formula is C22H21N5O2. The highest BCUT2D eigenvalue weighted by Crippen LogP contribution is 2.33. The van der Waals surface area contributed by atoms with Gasteiger partial charge in [0.15, 0.2) is 0 Å². The zero-order chi connectivity index (χ0) is 20.2. The summed E-state index contributed by atoms with van der Waals surface area (Å²) in [5.74, 6) is 1.10. The number of nitrogens with zero attached hydrogens (tertiary/aromatic N) is 4. The molecule has 29 heavy (non-hydrogen) atoms. The lowest BCUT2D eigenvalue weighted by molar-refractivity contribution is -0.122. The maximum atomic E-state index is 12.3. The molecule has 7 heteroatoms. The zero-order valence-corrected chi connectivity index (χ0v) is 16.1. The second kappa shape index (κ2) is 8.17. The van der Waals surface area contributed by atoms with Gasteiger partial charge in [-0.05, 0) is 36.4 Å². The predicted molar refractivity (Wildman–Crippen MR) is 109 cm³/mol. The van der Waals surface area contributed by atoms with E-state index in [1.165, 1.54) is 0 Å². The van der Waals surface area contributed by atoms with Gasteiger partial charge in [0.2, 0.25) is 11.6 Å². The van der Waals surface area contributed by atoms with Gasteiger partial charge in [-0.3, -0.25) is 9.69 Å². The summed E-state index contributed by atoms with van der Waals surface area (Å²) in [6.45, 7) is 9.36. The predicted octanol–water partition coefficient (Wildman–Crippen LogP) is 3.34. The standard InChI is InChI=1S/C22H21N5O2/c1-23-20-7-6-17-9-21(20)29-19-5-3-4-16(8-19)10-25-22(28)14-26(2)13-18-11-24-15-27(18)12-17/h3-9,11,15H,10,12-14H2,2H3,(H,25,28). The summed E-state index contributed by atoms with van der Waals surface area (Å²) in [5.41, 5.74) is 3.41. The van der Waals surface area contributed by atoms with Crippen LogP contribution in [0.25, 0.3) is 4.85 Å². The fourth-order valence-corrected chi connectivity index (χ4v) is 3.33. The van der Waals surface area contributed by atoms with Gasteiger partial charge in [-0.15, -0.1) is 0 Å². The minimum atomic E-state index is -0.0440. The molecule has 4 rings (SSSR count). The molecule has 0 aliphatic carbocycles. The Balaban J connectivity index is 1.73. The molecule has 2 aromatic carbocycles. The Kier molecular flexibility index (Phi) is 5.27. The van der Waals surface area contributed by atoms with Crippen LogP contribution in [0.2, 0.25) is 0 Å². The van der Waals surface area contributed by atoms with Crippen LogP contribution in [0.3, 0.4) is 0 Å². The van der Waals surface area contributed by atoms with Gasteiger partial charge >= 0.3 is 0 Å². The molecule has 1 aliphatic rings. The topological polar surface area (TPSA) is 63.8 Å². The van der Waals surface area contributed by atoms with Crippen LogP contribution in [0.5, 0.6) is 11.5 Å². The number of carbonyl (C=O) groups is 1. The number of hydrogen-bond donors (Lipinski definition) is 1. The Morgan fingerprint density at radius 1 is 1.14 bits per heavy atom. The lowest BCUT2D eigenvalue weighted by atomic mass is 10.1. The van der Waals surface area contributed by atoms with Crippen molar-refractivity contribution < 1.29 is 9.53 Å². The van der Waals surface area contributed by atoms with Crippen LogP contribution in [0.1, 0.15) is 16.8 Å². The third-order valence-corrected chi connectivity index (χ3v) is 4.76. The summed E-state index contributed by atoms with van der Waals surface area (Å²) in [6.07, 6.45) is 3.59. The van der Waals surface area contributed by atoms with Crippen LogP contribution in [-0.2, 0) is 24.4 Å². The van der Waals surface area contributed by atoms with Crippen molar-refractivity contribution in [1.29, 1.82) is 0 Å². The van der Waals surface area contributed by atoms with E-state index in [-0.39, 0.29) is 5.91 Å². The van der Waals surface area contributed by atoms with Gasteiger partial charge in [-0.2, -0.15) is 0 Å². The molecular weight excluding hydrogens is 366 g/mol. The Morgan fingerprint density at radius 2 is 2.03 bits per heavy atom. The molecule has 1 aromatic heterocycles. The summed E-state index contributed by atoms with van der Waals surface area (Å²) in [7, 11) is 1.91. The molecule has 2 heterocycles. The molecule has 1 aliphatic heterocycles. The van der Waals surface area contributed by atoms with E-state index >= 15 is 0 Å². The van der Waals surface area contributed by atoms with Gasteiger partial charge in [0, 0.05) is 25.8 Å². The zero-order valence-electron chi connectivity index (χ0n) is 16.1. The van der Waals surface area contributed by atoms with Crippen LogP contribution in [0.15, 0.2) is 55.0 Å². The monoisotopic (exact) mass is 387 g/mol. The molecule has 0 spiro atoms. The molecule has 0 atom stereocenters. The van der Waals surface area contributed by atoms with Gasteiger partial charge in [-0.25, -0.2) is 9.83 Å². The minimum absolute atomic E-state index is 0.0440. The SMILES string of the molecule is [C-]#[N+]c1ccc2cc1Oc1cccc(c1)CNC(=O)CN(C)Cc1cncn1C2. The first kappa shape index (κ1) is 18.7. The van der Waals surface area contributed by atoms with E-state index in [2.05, 4.69) is 15.1 Å². The average Bonchev–Trinajstić information content (AvgIpc) is 3.12. The third kappa shape index (κ3) is 4.45. The second-order valence-corrected chi connectivity index (χ2v) is 7.13. The first-order chi connectivity index (χ1) is 14.1. The van der Waals surface area contributed by atoms with E-state index in [1.807, 2.05) is 59.1 Å². The molecule has 0 radical (unpaired) electrons. The third-order valence-electron chi connectivity index (χ3n) is 4.76. The molecule has 1 N–H and O–H groups in total. The van der Waals surface area contributed by atoms with Crippen molar-refractivity contribution >= 4 is 11.6 Å². The van der Waals surface area contributed by atoms with Crippen molar-refractivity contribution in [2.45, 2.75) is 19.6 Å². The number of imidazole rings is 1. The van der Waals surface area contributed by atoms with Gasteiger partial charge in [0.25, 0.3) is 0 Å². The van der Waals surface area contributed by atoms with E-state index in [0.29, 0.717) is 43.4 Å². The Labute approximate surface area is 169 Å². The Bertz CT molecular complexity index is 1080. The van der Waals surface area contributed by atoms with Crippen LogP contribution in [0.4, 0.5) is 5.69 Å². The second-order valence-electron chi connectivity index (χ2n) is 7.13. The van der Waals surface area contributed by atoms with E-state index in [0.717, 1.165) is 16.8 Å². The summed E-state index contributed by atoms with van der Waals surface area (Å²) in [6, 6.07) is 13.2.